The first-order valence-electron chi connectivity index (χ1n) is 12.8. The molecule has 0 radical (unpaired) electrons. The fraction of sp³-hybridized carbons (Fsp3) is 0.520. The Morgan fingerprint density at radius 1 is 1.18 bits per heavy atom. The Hall–Kier alpha value is -3.05. The molecule has 1 aromatic carbocycles. The molecule has 3 aliphatic heterocycles. The minimum atomic E-state index is -3.38. The minimum Gasteiger partial charge on any atom is -0.497 e. The lowest BCUT2D eigenvalue weighted by molar-refractivity contribution is 0.211. The Morgan fingerprint density at radius 2 is 1.95 bits per heavy atom. The number of aryl methyl sites for hydroxylation is 1. The second-order valence-electron chi connectivity index (χ2n) is 10.3. The van der Waals surface area contributed by atoms with Gasteiger partial charge in [-0.05, 0) is 44.7 Å². The summed E-state index contributed by atoms with van der Waals surface area (Å²) in [6.07, 6.45) is 4.51. The maximum atomic E-state index is 13.1. The average Bonchev–Trinajstić information content (AvgIpc) is 3.26. The van der Waals surface area contributed by atoms with Crippen molar-refractivity contribution in [3.63, 3.8) is 0 Å². The third kappa shape index (κ3) is 4.89. The lowest BCUT2D eigenvalue weighted by atomic mass is 9.84. The van der Waals surface area contributed by atoms with Gasteiger partial charge >= 0.3 is 0 Å². The van der Waals surface area contributed by atoms with Crippen LogP contribution in [0.2, 0.25) is 0 Å². The lowest BCUT2D eigenvalue weighted by Crippen LogP contribution is -2.60. The zero-order valence-electron chi connectivity index (χ0n) is 21.2. The number of aromatic nitrogens is 3. The number of anilines is 3. The Labute approximate surface area is 225 Å². The largest absolute Gasteiger partial charge is 0.497 e. The first-order chi connectivity index (χ1) is 18.3. The monoisotopic (exact) mass is 554 g/mol. The summed E-state index contributed by atoms with van der Waals surface area (Å²) >= 11 is 1.56. The SMILES string of the molecule is COc1ccc2c(Nc3ncc(C)s3)nc(NC3C[C@@H]4CC(S(=O)(=O)N5CC(C#N)C5)C[C@H](C3)N4)nc2c1. The first kappa shape index (κ1) is 25.2. The topological polar surface area (TPSA) is 145 Å². The molecule has 13 heteroatoms. The van der Waals surface area contributed by atoms with Crippen molar-refractivity contribution in [2.24, 2.45) is 5.92 Å². The summed E-state index contributed by atoms with van der Waals surface area (Å²) in [6.45, 7) is 2.65. The van der Waals surface area contributed by atoms with E-state index in [1.807, 2.05) is 31.3 Å². The standard InChI is InChI=1S/C25H30N8O3S2/c1-14-11-27-25(37-14)32-23-21-4-3-19(36-2)9-22(21)30-24(31-23)29-16-5-17-7-20(8-18(6-16)28-17)38(34,35)33-12-15(10-26)13-33/h3-4,9,11,15-18,20,28H,5-8,12-13H2,1-2H3,(H2,27,29,30,31,32)/t16?,17-,18+,20?. The van der Waals surface area contributed by atoms with Gasteiger partial charge in [0.15, 0.2) is 5.13 Å². The molecule has 2 bridgehead atoms. The van der Waals surface area contributed by atoms with Gasteiger partial charge in [-0.1, -0.05) is 0 Å². The molecule has 2 unspecified atom stereocenters. The maximum Gasteiger partial charge on any atom is 0.225 e. The van der Waals surface area contributed by atoms with Crippen molar-refractivity contribution in [1.29, 1.82) is 5.26 Å². The van der Waals surface area contributed by atoms with Crippen LogP contribution in [0, 0.1) is 24.2 Å². The number of rotatable bonds is 7. The molecule has 3 saturated heterocycles. The van der Waals surface area contributed by atoms with Gasteiger partial charge in [-0.15, -0.1) is 11.3 Å². The smallest absolute Gasteiger partial charge is 0.225 e. The zero-order valence-corrected chi connectivity index (χ0v) is 22.8. The molecule has 6 rings (SSSR count). The van der Waals surface area contributed by atoms with Crippen molar-refractivity contribution in [3.8, 4) is 11.8 Å². The number of nitrogens with zero attached hydrogens (tertiary/aromatic N) is 5. The molecule has 2 aromatic heterocycles. The van der Waals surface area contributed by atoms with E-state index in [4.69, 9.17) is 20.0 Å². The van der Waals surface area contributed by atoms with Gasteiger partial charge in [0.05, 0.1) is 29.9 Å². The van der Waals surface area contributed by atoms with Crippen LogP contribution in [-0.2, 0) is 10.0 Å². The van der Waals surface area contributed by atoms with Crippen molar-refractivity contribution in [2.75, 3.05) is 30.8 Å². The van der Waals surface area contributed by atoms with Gasteiger partial charge < -0.3 is 20.7 Å². The molecule has 4 atom stereocenters. The first-order valence-corrected chi connectivity index (χ1v) is 15.1. The van der Waals surface area contributed by atoms with Gasteiger partial charge in [0.1, 0.15) is 11.6 Å². The van der Waals surface area contributed by atoms with Crippen LogP contribution in [0.5, 0.6) is 5.75 Å². The second-order valence-corrected chi connectivity index (χ2v) is 13.8. The van der Waals surface area contributed by atoms with Crippen molar-refractivity contribution in [3.05, 3.63) is 29.3 Å². The highest BCUT2D eigenvalue weighted by atomic mass is 32.2. The normalized spacial score (nSPS) is 25.9. The Morgan fingerprint density at radius 3 is 2.61 bits per heavy atom. The number of hydrogen-bond donors (Lipinski definition) is 3. The van der Waals surface area contributed by atoms with E-state index in [-0.39, 0.29) is 24.0 Å². The van der Waals surface area contributed by atoms with Crippen LogP contribution >= 0.6 is 11.3 Å². The van der Waals surface area contributed by atoms with E-state index in [0.717, 1.165) is 33.8 Å². The van der Waals surface area contributed by atoms with Gasteiger partial charge in [0.25, 0.3) is 0 Å². The Balaban J connectivity index is 1.19. The van der Waals surface area contributed by atoms with Crippen LogP contribution < -0.4 is 20.7 Å². The van der Waals surface area contributed by atoms with Gasteiger partial charge in [-0.25, -0.2) is 18.4 Å². The summed E-state index contributed by atoms with van der Waals surface area (Å²) in [4.78, 5) is 15.1. The molecule has 0 spiro atoms. The highest BCUT2D eigenvalue weighted by Gasteiger charge is 2.46. The Kier molecular flexibility index (Phi) is 6.59. The van der Waals surface area contributed by atoms with E-state index < -0.39 is 15.3 Å². The van der Waals surface area contributed by atoms with Crippen LogP contribution in [-0.4, -0.2) is 71.2 Å². The predicted molar refractivity (Wildman–Crippen MR) is 146 cm³/mol. The van der Waals surface area contributed by atoms with E-state index >= 15 is 0 Å². The van der Waals surface area contributed by atoms with Crippen LogP contribution in [0.4, 0.5) is 16.9 Å². The van der Waals surface area contributed by atoms with Gasteiger partial charge in [-0.2, -0.15) is 14.6 Å². The highest BCUT2D eigenvalue weighted by Crippen LogP contribution is 2.35. The molecule has 38 heavy (non-hydrogen) atoms. The number of thiazole rings is 1. The van der Waals surface area contributed by atoms with Crippen LogP contribution in [0.25, 0.3) is 10.9 Å². The van der Waals surface area contributed by atoms with Crippen molar-refractivity contribution in [1.82, 2.24) is 24.6 Å². The molecule has 0 saturated carbocycles. The average molecular weight is 555 g/mol. The van der Waals surface area contributed by atoms with Crippen molar-refractivity contribution in [2.45, 2.75) is 56.0 Å². The number of nitriles is 1. The van der Waals surface area contributed by atoms with E-state index in [0.29, 0.717) is 43.4 Å². The number of piperidine rings is 2. The number of ether oxygens (including phenoxy) is 1. The van der Waals surface area contributed by atoms with E-state index in [1.54, 1.807) is 18.4 Å². The van der Waals surface area contributed by atoms with Crippen LogP contribution in [0.3, 0.4) is 0 Å². The van der Waals surface area contributed by atoms with E-state index in [2.05, 4.69) is 27.0 Å². The second kappa shape index (κ2) is 9.92. The quantitative estimate of drug-likeness (QED) is 0.398. The van der Waals surface area contributed by atoms with Gasteiger partial charge in [-0.3, -0.25) is 0 Å². The molecule has 3 aromatic rings. The fourth-order valence-electron chi connectivity index (χ4n) is 5.70. The number of methoxy groups -OCH3 is 1. The van der Waals surface area contributed by atoms with E-state index in [1.165, 1.54) is 4.31 Å². The summed E-state index contributed by atoms with van der Waals surface area (Å²) in [5, 5.41) is 20.7. The molecule has 3 N–H and O–H groups in total. The number of nitrogens with one attached hydrogen (secondary N) is 3. The molecule has 5 heterocycles. The van der Waals surface area contributed by atoms with Gasteiger partial charge in [0.2, 0.25) is 16.0 Å². The van der Waals surface area contributed by atoms with Crippen LogP contribution in [0.15, 0.2) is 24.4 Å². The van der Waals surface area contributed by atoms with Crippen molar-refractivity contribution < 1.29 is 13.2 Å². The van der Waals surface area contributed by atoms with Crippen LogP contribution in [0.1, 0.15) is 30.6 Å². The van der Waals surface area contributed by atoms with Crippen molar-refractivity contribution >= 4 is 49.2 Å². The predicted octanol–water partition coefficient (Wildman–Crippen LogP) is 3.00. The zero-order chi connectivity index (χ0) is 26.4. The minimum absolute atomic E-state index is 0.0873. The summed E-state index contributed by atoms with van der Waals surface area (Å²) in [5.74, 6) is 1.71. The fourth-order valence-corrected chi connectivity index (χ4v) is 8.52. The lowest BCUT2D eigenvalue weighted by Gasteiger charge is -2.45. The number of fused-ring (bicyclic) bond motifs is 3. The molecule has 200 valence electrons. The molecular weight excluding hydrogens is 524 g/mol. The summed E-state index contributed by atoms with van der Waals surface area (Å²) in [6, 6.07) is 8.16. The number of sulfonamides is 1. The molecule has 0 amide bonds. The highest BCUT2D eigenvalue weighted by molar-refractivity contribution is 7.89. The third-order valence-electron chi connectivity index (χ3n) is 7.60. The Bertz CT molecular complexity index is 1480. The maximum absolute atomic E-state index is 13.1. The number of hydrogen-bond acceptors (Lipinski definition) is 11. The molecule has 3 aliphatic rings. The summed E-state index contributed by atoms with van der Waals surface area (Å²) in [7, 11) is -1.75. The molecular formula is C25H30N8O3S2. The third-order valence-corrected chi connectivity index (χ3v) is 10.7. The molecule has 11 nitrogen and oxygen atoms in total. The molecule has 0 aliphatic carbocycles. The van der Waals surface area contributed by atoms with E-state index in [9.17, 15) is 8.42 Å². The van der Waals surface area contributed by atoms with Gasteiger partial charge in [0, 0.05) is 53.7 Å². The number of benzene rings is 1. The summed E-state index contributed by atoms with van der Waals surface area (Å²) < 4.78 is 33.2. The summed E-state index contributed by atoms with van der Waals surface area (Å²) in [5.41, 5.74) is 0.753. The molecule has 3 fully saturated rings.